The molecule has 2 N–H and O–H groups in total. The van der Waals surface area contributed by atoms with Crippen molar-refractivity contribution in [3.8, 4) is 0 Å². The van der Waals surface area contributed by atoms with Crippen LogP contribution in [-0.4, -0.2) is 37.4 Å². The van der Waals surface area contributed by atoms with E-state index in [1.807, 2.05) is 0 Å². The molecule has 0 unspecified atom stereocenters. The molecule has 30 heavy (non-hydrogen) atoms. The van der Waals surface area contributed by atoms with Crippen LogP contribution in [0.4, 0.5) is 23.7 Å². The quantitative estimate of drug-likeness (QED) is 0.644. The molecule has 1 amide bonds. The molecule has 9 heteroatoms. The molecule has 168 valence electrons. The van der Waals surface area contributed by atoms with Crippen molar-refractivity contribution in [2.75, 3.05) is 19.0 Å². The van der Waals surface area contributed by atoms with Gasteiger partial charge in [0.1, 0.15) is 5.60 Å². The minimum Gasteiger partial charge on any atom is -0.465 e. The van der Waals surface area contributed by atoms with Crippen molar-refractivity contribution in [1.29, 1.82) is 0 Å². The molecule has 0 radical (unpaired) electrons. The summed E-state index contributed by atoms with van der Waals surface area (Å²) in [5, 5.41) is 5.70. The lowest BCUT2D eigenvalue weighted by molar-refractivity contribution is -0.137. The van der Waals surface area contributed by atoms with E-state index in [1.54, 1.807) is 20.8 Å². The van der Waals surface area contributed by atoms with Crippen LogP contribution in [0.5, 0.6) is 0 Å². The van der Waals surface area contributed by atoms with Crippen molar-refractivity contribution in [1.82, 2.24) is 5.32 Å². The van der Waals surface area contributed by atoms with Crippen LogP contribution in [0, 0.1) is 5.92 Å². The summed E-state index contributed by atoms with van der Waals surface area (Å²) in [5.41, 5.74) is -1.48. The van der Waals surface area contributed by atoms with Gasteiger partial charge in [-0.2, -0.15) is 13.2 Å². The number of anilines is 1. The number of amides is 1. The molecule has 1 fully saturated rings. The minimum atomic E-state index is -4.54. The lowest BCUT2D eigenvalue weighted by Gasteiger charge is -2.30. The molecule has 0 aliphatic heterocycles. The highest BCUT2D eigenvalue weighted by Crippen LogP contribution is 2.36. The van der Waals surface area contributed by atoms with Crippen LogP contribution >= 0.6 is 0 Å². The molecule has 0 spiro atoms. The Balaban J connectivity index is 1.93. The number of benzene rings is 1. The van der Waals surface area contributed by atoms with Crippen molar-refractivity contribution in [2.45, 2.75) is 64.3 Å². The number of ether oxygens (including phenoxy) is 2. The fourth-order valence-corrected chi connectivity index (χ4v) is 3.42. The third kappa shape index (κ3) is 7.11. The van der Waals surface area contributed by atoms with Gasteiger partial charge in [-0.05, 0) is 70.6 Å². The number of alkyl carbamates (subject to hydrolysis) is 1. The maximum Gasteiger partial charge on any atom is 0.418 e. The molecular formula is C21H29F3N2O4. The Morgan fingerprint density at radius 2 is 1.73 bits per heavy atom. The highest BCUT2D eigenvalue weighted by molar-refractivity contribution is 5.90. The Morgan fingerprint density at radius 1 is 1.10 bits per heavy atom. The number of alkyl halides is 3. The number of hydrogen-bond acceptors (Lipinski definition) is 5. The lowest BCUT2D eigenvalue weighted by atomic mass is 9.86. The van der Waals surface area contributed by atoms with Gasteiger partial charge in [0.05, 0.1) is 18.2 Å². The Labute approximate surface area is 174 Å². The Morgan fingerprint density at radius 3 is 2.27 bits per heavy atom. The fraction of sp³-hybridized carbons (Fsp3) is 0.619. The number of halogens is 3. The van der Waals surface area contributed by atoms with Crippen LogP contribution in [0.1, 0.15) is 62.4 Å². The number of esters is 1. The van der Waals surface area contributed by atoms with Crippen molar-refractivity contribution < 1.29 is 32.2 Å². The molecule has 0 atom stereocenters. The largest absolute Gasteiger partial charge is 0.465 e. The van der Waals surface area contributed by atoms with Gasteiger partial charge >= 0.3 is 18.2 Å². The summed E-state index contributed by atoms with van der Waals surface area (Å²) in [5.74, 6) is -0.537. The summed E-state index contributed by atoms with van der Waals surface area (Å²) in [4.78, 5) is 23.5. The minimum absolute atomic E-state index is 0.00973. The van der Waals surface area contributed by atoms with E-state index in [9.17, 15) is 22.8 Å². The zero-order valence-electron chi connectivity index (χ0n) is 17.7. The van der Waals surface area contributed by atoms with Crippen LogP contribution < -0.4 is 10.6 Å². The van der Waals surface area contributed by atoms with Crippen LogP contribution in [0.2, 0.25) is 0 Å². The molecule has 1 aromatic carbocycles. The first-order valence-corrected chi connectivity index (χ1v) is 9.92. The summed E-state index contributed by atoms with van der Waals surface area (Å²) in [6, 6.07) is 3.15. The second-order valence-electron chi connectivity index (χ2n) is 8.49. The summed E-state index contributed by atoms with van der Waals surface area (Å²) < 4.78 is 49.8. The number of nitrogens with one attached hydrogen (secondary N) is 2. The molecule has 1 aliphatic rings. The van der Waals surface area contributed by atoms with E-state index in [-0.39, 0.29) is 23.2 Å². The van der Waals surface area contributed by atoms with E-state index < -0.39 is 29.4 Å². The number of rotatable bonds is 5. The van der Waals surface area contributed by atoms with E-state index in [2.05, 4.69) is 15.4 Å². The second kappa shape index (κ2) is 9.57. The summed E-state index contributed by atoms with van der Waals surface area (Å²) in [7, 11) is 1.18. The van der Waals surface area contributed by atoms with Crippen molar-refractivity contribution >= 4 is 17.7 Å². The lowest BCUT2D eigenvalue weighted by Crippen LogP contribution is -2.41. The third-order valence-electron chi connectivity index (χ3n) is 4.89. The van der Waals surface area contributed by atoms with Crippen molar-refractivity contribution in [2.24, 2.45) is 5.92 Å². The zero-order valence-corrected chi connectivity index (χ0v) is 17.7. The monoisotopic (exact) mass is 430 g/mol. The third-order valence-corrected chi connectivity index (χ3v) is 4.89. The Bertz CT molecular complexity index is 752. The van der Waals surface area contributed by atoms with Gasteiger partial charge < -0.3 is 20.1 Å². The molecule has 1 aromatic rings. The predicted molar refractivity (Wildman–Crippen MR) is 106 cm³/mol. The number of hydrogen-bond donors (Lipinski definition) is 2. The average molecular weight is 430 g/mol. The highest BCUT2D eigenvalue weighted by Gasteiger charge is 2.34. The molecule has 0 saturated heterocycles. The number of carbonyl (C=O) groups is 2. The molecule has 2 rings (SSSR count). The molecule has 1 saturated carbocycles. The number of carbonyl (C=O) groups excluding carboxylic acids is 2. The normalized spacial score (nSPS) is 19.7. The van der Waals surface area contributed by atoms with Crippen LogP contribution in [0.15, 0.2) is 18.2 Å². The fourth-order valence-electron chi connectivity index (χ4n) is 3.42. The SMILES string of the molecule is COC(=O)c1ccc(C(F)(F)F)c(NC[C@H]2CC[C@H](NC(=O)OC(C)(C)C)CC2)c1. The van der Waals surface area contributed by atoms with E-state index in [0.717, 1.165) is 37.8 Å². The maximum atomic E-state index is 13.3. The summed E-state index contributed by atoms with van der Waals surface area (Å²) in [6.45, 7) is 5.71. The second-order valence-corrected chi connectivity index (χ2v) is 8.49. The van der Waals surface area contributed by atoms with Crippen LogP contribution in [0.3, 0.4) is 0 Å². The van der Waals surface area contributed by atoms with Gasteiger partial charge in [0.15, 0.2) is 0 Å². The topological polar surface area (TPSA) is 76.7 Å². The average Bonchev–Trinajstić information content (AvgIpc) is 2.64. The molecule has 0 heterocycles. The first-order valence-electron chi connectivity index (χ1n) is 9.92. The first-order chi connectivity index (χ1) is 13.9. The van der Waals surface area contributed by atoms with E-state index in [4.69, 9.17) is 4.74 Å². The van der Waals surface area contributed by atoms with Gasteiger partial charge in [-0.25, -0.2) is 9.59 Å². The summed E-state index contributed by atoms with van der Waals surface area (Å²) in [6.07, 6.45) is -2.04. The van der Waals surface area contributed by atoms with Gasteiger partial charge in [-0.15, -0.1) is 0 Å². The molecule has 0 bridgehead atoms. The smallest absolute Gasteiger partial charge is 0.418 e. The first kappa shape index (κ1) is 23.8. The van der Waals surface area contributed by atoms with Gasteiger partial charge in [0, 0.05) is 18.3 Å². The Hall–Kier alpha value is -2.45. The van der Waals surface area contributed by atoms with E-state index in [1.165, 1.54) is 13.2 Å². The number of methoxy groups -OCH3 is 1. The van der Waals surface area contributed by atoms with E-state index in [0.29, 0.717) is 6.54 Å². The standard InChI is InChI=1S/C21H29F3N2O4/c1-20(2,3)30-19(28)26-15-8-5-13(6-9-15)12-25-17-11-14(18(27)29-4)7-10-16(17)21(22,23)24/h7,10-11,13,15,25H,5-6,8-9,12H2,1-4H3,(H,26,28)/t13-,15-. The zero-order chi connectivity index (χ0) is 22.5. The van der Waals surface area contributed by atoms with Crippen LogP contribution in [-0.2, 0) is 15.7 Å². The molecular weight excluding hydrogens is 401 g/mol. The van der Waals surface area contributed by atoms with Gasteiger partial charge in [0.25, 0.3) is 0 Å². The van der Waals surface area contributed by atoms with Crippen LogP contribution in [0.25, 0.3) is 0 Å². The van der Waals surface area contributed by atoms with Crippen molar-refractivity contribution in [3.63, 3.8) is 0 Å². The Kier molecular flexibility index (Phi) is 7.60. The van der Waals surface area contributed by atoms with E-state index >= 15 is 0 Å². The van der Waals surface area contributed by atoms with Crippen molar-refractivity contribution in [3.05, 3.63) is 29.3 Å². The van der Waals surface area contributed by atoms with Gasteiger partial charge in [-0.3, -0.25) is 0 Å². The predicted octanol–water partition coefficient (Wildman–Crippen LogP) is 4.99. The maximum absolute atomic E-state index is 13.3. The van der Waals surface area contributed by atoms with Gasteiger partial charge in [0.2, 0.25) is 0 Å². The molecule has 0 aromatic heterocycles. The highest BCUT2D eigenvalue weighted by atomic mass is 19.4. The molecule has 6 nitrogen and oxygen atoms in total. The summed E-state index contributed by atoms with van der Waals surface area (Å²) >= 11 is 0. The van der Waals surface area contributed by atoms with Gasteiger partial charge in [-0.1, -0.05) is 0 Å². The molecule has 1 aliphatic carbocycles.